The highest BCUT2D eigenvalue weighted by molar-refractivity contribution is 6.33. The van der Waals surface area contributed by atoms with E-state index in [1.807, 2.05) is 49.5 Å². The predicted molar refractivity (Wildman–Crippen MR) is 169 cm³/mol. The van der Waals surface area contributed by atoms with E-state index in [1.165, 1.54) is 12.3 Å². The minimum absolute atomic E-state index is 0.0494. The third kappa shape index (κ3) is 8.61. The van der Waals surface area contributed by atoms with Crippen molar-refractivity contribution >= 4 is 46.0 Å². The summed E-state index contributed by atoms with van der Waals surface area (Å²) in [6.45, 7) is 3.25. The van der Waals surface area contributed by atoms with Crippen molar-refractivity contribution in [1.82, 2.24) is 30.2 Å². The zero-order valence-electron chi connectivity index (χ0n) is 24.2. The average molecular weight is 589 g/mol. The zero-order valence-corrected chi connectivity index (χ0v) is 24.9. The first-order chi connectivity index (χ1) is 20.3. The molecule has 0 aliphatic heterocycles. The summed E-state index contributed by atoms with van der Waals surface area (Å²) in [5, 5.41) is 10.6. The highest BCUT2D eigenvalue weighted by atomic mass is 35.5. The van der Waals surface area contributed by atoms with E-state index in [0.717, 1.165) is 35.7 Å². The Bertz CT molecular complexity index is 1520. The van der Waals surface area contributed by atoms with Gasteiger partial charge < -0.3 is 25.8 Å². The number of likely N-dealkylation sites (N-methyl/N-ethyl adjacent to an activating group) is 1. The number of anilines is 2. The summed E-state index contributed by atoms with van der Waals surface area (Å²) in [4.78, 5) is 43.3. The van der Waals surface area contributed by atoms with Crippen LogP contribution in [0.25, 0.3) is 22.2 Å². The van der Waals surface area contributed by atoms with Gasteiger partial charge in [0.2, 0.25) is 11.9 Å². The van der Waals surface area contributed by atoms with Crippen molar-refractivity contribution in [2.75, 3.05) is 37.8 Å². The fraction of sp³-hybridized carbons (Fsp3) is 0.323. The van der Waals surface area contributed by atoms with Crippen LogP contribution in [0.1, 0.15) is 43.1 Å². The zero-order chi connectivity index (χ0) is 29.9. The van der Waals surface area contributed by atoms with Gasteiger partial charge in [0.05, 0.1) is 28.8 Å². The maximum absolute atomic E-state index is 12.7. The van der Waals surface area contributed by atoms with Crippen LogP contribution in [0, 0.1) is 0 Å². The fourth-order valence-corrected chi connectivity index (χ4v) is 4.61. The Morgan fingerprint density at radius 2 is 1.93 bits per heavy atom. The predicted octanol–water partition coefficient (Wildman–Crippen LogP) is 5.52. The van der Waals surface area contributed by atoms with Gasteiger partial charge in [0.15, 0.2) is 0 Å². The number of carbonyl (C=O) groups is 2. The Morgan fingerprint density at radius 3 is 2.69 bits per heavy atom. The summed E-state index contributed by atoms with van der Waals surface area (Å²) in [5.74, 6) is -0.0416. The standard InChI is InChI=1S/C31H37ClN8O2/c1-4-5-9-21(38-31-36-20-25(32)29(39-31)24-19-35-26-11-7-6-10-23(24)26)15-16-33-30(42)27-14-13-22(18-34-27)37-28(41)12-8-17-40(2)3/h6-8,10-14,18-21,35H,4-5,9,15-17H2,1-3H3,(H,33,42)(H,37,41)(H,36,38,39)/b12-8+/t21-/m1/s1. The van der Waals surface area contributed by atoms with Crippen LogP contribution in [-0.2, 0) is 4.79 Å². The number of H-pyrrole nitrogens is 1. The van der Waals surface area contributed by atoms with Crippen molar-refractivity contribution < 1.29 is 9.59 Å². The van der Waals surface area contributed by atoms with E-state index in [-0.39, 0.29) is 23.6 Å². The van der Waals surface area contributed by atoms with Crippen LogP contribution in [0.4, 0.5) is 11.6 Å². The lowest BCUT2D eigenvalue weighted by Gasteiger charge is -2.19. The average Bonchev–Trinajstić information content (AvgIpc) is 3.41. The molecule has 0 aliphatic carbocycles. The van der Waals surface area contributed by atoms with Crippen molar-refractivity contribution in [3.05, 3.63) is 77.9 Å². The number of aromatic amines is 1. The maximum atomic E-state index is 12.7. The second kappa shape index (κ2) is 15.1. The van der Waals surface area contributed by atoms with E-state index in [2.05, 4.69) is 37.8 Å². The Balaban J connectivity index is 1.34. The molecule has 1 atom stereocenters. The van der Waals surface area contributed by atoms with E-state index in [4.69, 9.17) is 16.6 Å². The normalized spacial score (nSPS) is 12.1. The van der Waals surface area contributed by atoms with Crippen LogP contribution < -0.4 is 16.0 Å². The molecule has 220 valence electrons. The van der Waals surface area contributed by atoms with Crippen molar-refractivity contribution in [2.45, 2.75) is 38.6 Å². The maximum Gasteiger partial charge on any atom is 0.269 e. The number of aromatic nitrogens is 4. The molecule has 3 heterocycles. The molecule has 0 spiro atoms. The number of hydrogen-bond acceptors (Lipinski definition) is 7. The van der Waals surface area contributed by atoms with Crippen LogP contribution in [0.15, 0.2) is 67.1 Å². The minimum atomic E-state index is -0.280. The molecule has 3 aromatic heterocycles. The number of hydrogen-bond donors (Lipinski definition) is 4. The number of amides is 2. The lowest BCUT2D eigenvalue weighted by atomic mass is 10.1. The topological polar surface area (TPSA) is 128 Å². The Labute approximate surface area is 251 Å². The van der Waals surface area contributed by atoms with E-state index in [1.54, 1.807) is 24.4 Å². The summed E-state index contributed by atoms with van der Waals surface area (Å²) < 4.78 is 0. The Kier molecular flexibility index (Phi) is 11.0. The van der Waals surface area contributed by atoms with Gasteiger partial charge in [-0.15, -0.1) is 0 Å². The summed E-state index contributed by atoms with van der Waals surface area (Å²) in [7, 11) is 3.85. The van der Waals surface area contributed by atoms with Gasteiger partial charge in [0.1, 0.15) is 5.69 Å². The van der Waals surface area contributed by atoms with Crippen LogP contribution in [-0.4, -0.2) is 69.9 Å². The number of para-hydroxylation sites is 1. The lowest BCUT2D eigenvalue weighted by molar-refractivity contribution is -0.111. The third-order valence-corrected chi connectivity index (χ3v) is 6.89. The largest absolute Gasteiger partial charge is 0.360 e. The summed E-state index contributed by atoms with van der Waals surface area (Å²) in [6, 6.07) is 11.3. The van der Waals surface area contributed by atoms with E-state index in [0.29, 0.717) is 41.9 Å². The molecule has 0 bridgehead atoms. The van der Waals surface area contributed by atoms with Gasteiger partial charge in [0, 0.05) is 47.9 Å². The second-order valence-corrected chi connectivity index (χ2v) is 10.7. The van der Waals surface area contributed by atoms with Crippen molar-refractivity contribution in [3.63, 3.8) is 0 Å². The Morgan fingerprint density at radius 1 is 1.10 bits per heavy atom. The lowest BCUT2D eigenvalue weighted by Crippen LogP contribution is -2.31. The second-order valence-electron chi connectivity index (χ2n) is 10.3. The van der Waals surface area contributed by atoms with Crippen molar-refractivity contribution in [2.24, 2.45) is 0 Å². The number of nitrogens with one attached hydrogen (secondary N) is 4. The van der Waals surface area contributed by atoms with Gasteiger partial charge in [-0.2, -0.15) is 0 Å². The molecule has 0 unspecified atom stereocenters. The van der Waals surface area contributed by atoms with E-state index >= 15 is 0 Å². The van der Waals surface area contributed by atoms with Crippen LogP contribution in [0.3, 0.4) is 0 Å². The third-order valence-electron chi connectivity index (χ3n) is 6.61. The molecule has 1 aromatic carbocycles. The first-order valence-corrected chi connectivity index (χ1v) is 14.4. The van der Waals surface area contributed by atoms with E-state index in [9.17, 15) is 9.59 Å². The monoisotopic (exact) mass is 588 g/mol. The molecular formula is C31H37ClN8O2. The van der Waals surface area contributed by atoms with E-state index < -0.39 is 0 Å². The highest BCUT2D eigenvalue weighted by Gasteiger charge is 2.16. The van der Waals surface area contributed by atoms with Crippen molar-refractivity contribution in [1.29, 1.82) is 0 Å². The number of halogens is 1. The summed E-state index contributed by atoms with van der Waals surface area (Å²) in [5.41, 5.74) is 3.38. The number of fused-ring (bicyclic) bond motifs is 1. The number of benzene rings is 1. The van der Waals surface area contributed by atoms with Crippen molar-refractivity contribution in [3.8, 4) is 11.3 Å². The number of carbonyl (C=O) groups excluding carboxylic acids is 2. The van der Waals surface area contributed by atoms with Gasteiger partial charge in [0.25, 0.3) is 5.91 Å². The Hall–Kier alpha value is -4.28. The number of pyridine rings is 1. The molecule has 0 fully saturated rings. The van der Waals surface area contributed by atoms with Crippen LogP contribution >= 0.6 is 11.6 Å². The molecule has 42 heavy (non-hydrogen) atoms. The van der Waals surface area contributed by atoms with Crippen LogP contribution in [0.2, 0.25) is 5.02 Å². The van der Waals surface area contributed by atoms with Gasteiger partial charge >= 0.3 is 0 Å². The smallest absolute Gasteiger partial charge is 0.269 e. The molecule has 4 aromatic rings. The molecule has 4 rings (SSSR count). The number of rotatable bonds is 14. The van der Waals surface area contributed by atoms with Gasteiger partial charge in [-0.25, -0.2) is 15.0 Å². The number of unbranched alkanes of at least 4 members (excludes halogenated alkanes) is 1. The highest BCUT2D eigenvalue weighted by Crippen LogP contribution is 2.32. The fourth-order valence-electron chi connectivity index (χ4n) is 4.42. The molecule has 0 radical (unpaired) electrons. The van der Waals surface area contributed by atoms with Gasteiger partial charge in [-0.05, 0) is 45.1 Å². The molecule has 11 heteroatoms. The number of nitrogens with zero attached hydrogens (tertiary/aromatic N) is 4. The molecule has 10 nitrogen and oxygen atoms in total. The van der Waals surface area contributed by atoms with Gasteiger partial charge in [-0.1, -0.05) is 55.6 Å². The molecule has 0 saturated carbocycles. The molecular weight excluding hydrogens is 552 g/mol. The minimum Gasteiger partial charge on any atom is -0.360 e. The molecule has 0 aliphatic rings. The molecule has 2 amide bonds. The SMILES string of the molecule is CCCC[C@H](CCNC(=O)c1ccc(NC(=O)/C=C/CN(C)C)cn1)Nc1ncc(Cl)c(-c2c[nH]c3ccccc23)n1. The molecule has 4 N–H and O–H groups in total. The van der Waals surface area contributed by atoms with Crippen LogP contribution in [0.5, 0.6) is 0 Å². The quantitative estimate of drug-likeness (QED) is 0.143. The summed E-state index contributed by atoms with van der Waals surface area (Å²) in [6.07, 6.45) is 11.9. The first-order valence-electron chi connectivity index (χ1n) is 14.1. The van der Waals surface area contributed by atoms with Gasteiger partial charge in [-0.3, -0.25) is 9.59 Å². The molecule has 0 saturated heterocycles. The summed E-state index contributed by atoms with van der Waals surface area (Å²) >= 11 is 6.50. The first kappa shape index (κ1) is 30.7.